The highest BCUT2D eigenvalue weighted by molar-refractivity contribution is 9.10. The minimum atomic E-state index is -0.462. The molecule has 4 nitrogen and oxygen atoms in total. The monoisotopic (exact) mass is 288 g/mol. The van der Waals surface area contributed by atoms with Crippen LogP contribution in [0.1, 0.15) is 33.6 Å². The van der Waals surface area contributed by atoms with Crippen LogP contribution >= 0.6 is 15.9 Å². The van der Waals surface area contributed by atoms with E-state index in [1.54, 1.807) is 0 Å². The maximum atomic E-state index is 11.8. The molecule has 1 fully saturated rings. The zero-order valence-electron chi connectivity index (χ0n) is 9.86. The first kappa shape index (κ1) is 11.9. The predicted molar refractivity (Wildman–Crippen MR) is 65.8 cm³/mol. The Balaban J connectivity index is 1.99. The van der Waals surface area contributed by atoms with Gasteiger partial charge in [0, 0.05) is 5.92 Å². The largest absolute Gasteiger partial charge is 0.442 e. The van der Waals surface area contributed by atoms with E-state index in [1.165, 1.54) is 17.9 Å². The third kappa shape index (κ3) is 2.75. The fraction of sp³-hybridized carbons (Fsp3) is 0.818. The minimum absolute atomic E-state index is 0.201. The van der Waals surface area contributed by atoms with Gasteiger partial charge in [0.15, 0.2) is 0 Å². The molecule has 90 valence electrons. The van der Waals surface area contributed by atoms with Gasteiger partial charge in [-0.05, 0) is 33.6 Å². The second-order valence-electron chi connectivity index (χ2n) is 5.33. The van der Waals surface area contributed by atoms with E-state index in [9.17, 15) is 4.79 Å². The first-order valence-corrected chi connectivity index (χ1v) is 6.51. The molecular formula is C11H17BrN2O2. The van der Waals surface area contributed by atoms with Crippen molar-refractivity contribution in [1.82, 2.24) is 5.01 Å². The van der Waals surface area contributed by atoms with Gasteiger partial charge in [-0.3, -0.25) is 0 Å². The number of amides is 1. The lowest BCUT2D eigenvalue weighted by Crippen LogP contribution is -2.33. The molecule has 2 aliphatic rings. The molecule has 1 amide bonds. The fourth-order valence-corrected chi connectivity index (χ4v) is 2.37. The number of hydrogen-bond acceptors (Lipinski definition) is 3. The Kier molecular flexibility index (Phi) is 2.99. The highest BCUT2D eigenvalue weighted by Crippen LogP contribution is 2.36. The Morgan fingerprint density at radius 1 is 1.50 bits per heavy atom. The Labute approximate surface area is 104 Å². The molecular weight excluding hydrogens is 272 g/mol. The van der Waals surface area contributed by atoms with Crippen LogP contribution in [0.4, 0.5) is 4.79 Å². The van der Waals surface area contributed by atoms with Gasteiger partial charge in [0.2, 0.25) is 0 Å². The second-order valence-corrected chi connectivity index (χ2v) is 6.43. The minimum Gasteiger partial charge on any atom is -0.442 e. The molecule has 1 saturated carbocycles. The summed E-state index contributed by atoms with van der Waals surface area (Å²) >= 11 is 3.55. The van der Waals surface area contributed by atoms with E-state index in [1.807, 2.05) is 20.8 Å². The number of carbonyl (C=O) groups is 1. The number of alkyl halides is 1. The van der Waals surface area contributed by atoms with Crippen molar-refractivity contribution in [3.8, 4) is 0 Å². The molecule has 0 saturated heterocycles. The molecule has 1 aliphatic heterocycles. The summed E-state index contributed by atoms with van der Waals surface area (Å²) in [5.74, 6) is 0.580. The highest BCUT2D eigenvalue weighted by atomic mass is 79.9. The first-order chi connectivity index (χ1) is 7.37. The number of hydrogen-bond donors (Lipinski definition) is 0. The fourth-order valence-electron chi connectivity index (χ4n) is 1.63. The Morgan fingerprint density at radius 3 is 2.62 bits per heavy atom. The summed E-state index contributed by atoms with van der Waals surface area (Å²) in [5, 5.41) is 5.77. The van der Waals surface area contributed by atoms with Crippen LogP contribution in [0.25, 0.3) is 0 Å². The van der Waals surface area contributed by atoms with Crippen molar-refractivity contribution < 1.29 is 9.53 Å². The summed E-state index contributed by atoms with van der Waals surface area (Å²) in [6.45, 7) is 6.16. The van der Waals surface area contributed by atoms with Gasteiger partial charge in [-0.2, -0.15) is 10.1 Å². The molecule has 0 spiro atoms. The van der Waals surface area contributed by atoms with Crippen LogP contribution in [-0.2, 0) is 4.74 Å². The average Bonchev–Trinajstić information content (AvgIpc) is 2.87. The third-order valence-electron chi connectivity index (χ3n) is 2.49. The van der Waals surface area contributed by atoms with Crippen LogP contribution in [0, 0.1) is 5.92 Å². The van der Waals surface area contributed by atoms with E-state index in [0.29, 0.717) is 12.5 Å². The summed E-state index contributed by atoms with van der Waals surface area (Å²) in [6, 6.07) is 0. The van der Waals surface area contributed by atoms with E-state index in [2.05, 4.69) is 21.0 Å². The summed E-state index contributed by atoms with van der Waals surface area (Å²) in [5.41, 5.74) is 0.641. The molecule has 16 heavy (non-hydrogen) atoms. The third-order valence-corrected chi connectivity index (χ3v) is 3.25. The van der Waals surface area contributed by atoms with E-state index < -0.39 is 5.60 Å². The van der Waals surface area contributed by atoms with Gasteiger partial charge in [-0.15, -0.1) is 0 Å². The lowest BCUT2D eigenvalue weighted by atomic mass is 10.2. The Hall–Kier alpha value is -0.580. The van der Waals surface area contributed by atoms with E-state index in [0.717, 1.165) is 5.71 Å². The van der Waals surface area contributed by atoms with E-state index in [-0.39, 0.29) is 10.9 Å². The van der Waals surface area contributed by atoms with Crippen molar-refractivity contribution in [1.29, 1.82) is 0 Å². The van der Waals surface area contributed by atoms with Gasteiger partial charge < -0.3 is 4.74 Å². The van der Waals surface area contributed by atoms with Crippen LogP contribution in [0.15, 0.2) is 5.10 Å². The van der Waals surface area contributed by atoms with E-state index >= 15 is 0 Å². The van der Waals surface area contributed by atoms with Gasteiger partial charge in [0.05, 0.1) is 17.1 Å². The quantitative estimate of drug-likeness (QED) is 0.696. The zero-order chi connectivity index (χ0) is 11.9. The molecule has 0 radical (unpaired) electrons. The van der Waals surface area contributed by atoms with Crippen LogP contribution in [0.5, 0.6) is 0 Å². The first-order valence-electron chi connectivity index (χ1n) is 5.60. The lowest BCUT2D eigenvalue weighted by Gasteiger charge is -2.22. The molecule has 5 heteroatoms. The van der Waals surface area contributed by atoms with Gasteiger partial charge in [-0.1, -0.05) is 15.9 Å². The molecule has 1 atom stereocenters. The van der Waals surface area contributed by atoms with Crippen molar-refractivity contribution in [3.05, 3.63) is 0 Å². The molecule has 0 aromatic carbocycles. The lowest BCUT2D eigenvalue weighted by molar-refractivity contribution is 0.0277. The highest BCUT2D eigenvalue weighted by Gasteiger charge is 2.39. The van der Waals surface area contributed by atoms with Gasteiger partial charge in [-0.25, -0.2) is 4.79 Å². The van der Waals surface area contributed by atoms with Crippen LogP contribution in [0.2, 0.25) is 0 Å². The maximum Gasteiger partial charge on any atom is 0.430 e. The summed E-state index contributed by atoms with van der Waals surface area (Å²) < 4.78 is 5.28. The number of halogens is 1. The molecule has 1 unspecified atom stereocenters. The number of nitrogens with zero attached hydrogens (tertiary/aromatic N) is 2. The molecule has 0 bridgehead atoms. The second kappa shape index (κ2) is 4.02. The summed E-state index contributed by atoms with van der Waals surface area (Å²) in [6.07, 6.45) is 2.04. The van der Waals surface area contributed by atoms with Crippen LogP contribution in [0.3, 0.4) is 0 Å². The van der Waals surface area contributed by atoms with Gasteiger partial charge in [0.1, 0.15) is 5.60 Å². The zero-order valence-corrected chi connectivity index (χ0v) is 11.5. The SMILES string of the molecule is CC(C)(C)OC(=O)N1CC(Br)C(C2CC2)=N1. The number of ether oxygens (including phenoxy) is 1. The predicted octanol–water partition coefficient (Wildman–Crippen LogP) is 2.77. The Morgan fingerprint density at radius 2 is 2.12 bits per heavy atom. The molecule has 0 aromatic heterocycles. The maximum absolute atomic E-state index is 11.8. The Bertz CT molecular complexity index is 331. The van der Waals surface area contributed by atoms with Crippen molar-refractivity contribution in [3.63, 3.8) is 0 Å². The molecule has 1 aliphatic carbocycles. The standard InChI is InChI=1S/C11H17BrN2O2/c1-11(2,3)16-10(15)14-6-8(12)9(13-14)7-4-5-7/h7-8H,4-6H2,1-3H3. The molecule has 0 aromatic rings. The molecule has 2 rings (SSSR count). The van der Waals surface area contributed by atoms with Crippen LogP contribution < -0.4 is 0 Å². The number of hydrazone groups is 1. The number of carbonyl (C=O) groups excluding carboxylic acids is 1. The smallest absolute Gasteiger partial charge is 0.430 e. The van der Waals surface area contributed by atoms with Crippen molar-refractivity contribution in [2.45, 2.75) is 44.0 Å². The van der Waals surface area contributed by atoms with Gasteiger partial charge >= 0.3 is 6.09 Å². The van der Waals surface area contributed by atoms with Crippen LogP contribution in [-0.4, -0.2) is 33.8 Å². The number of rotatable bonds is 1. The van der Waals surface area contributed by atoms with Gasteiger partial charge in [0.25, 0.3) is 0 Å². The van der Waals surface area contributed by atoms with E-state index in [4.69, 9.17) is 4.74 Å². The summed E-state index contributed by atoms with van der Waals surface area (Å²) in [7, 11) is 0. The molecule has 1 heterocycles. The summed E-state index contributed by atoms with van der Waals surface area (Å²) in [4.78, 5) is 12.0. The van der Waals surface area contributed by atoms with Crippen molar-refractivity contribution >= 4 is 27.7 Å². The normalized spacial score (nSPS) is 25.6. The van der Waals surface area contributed by atoms with Crippen molar-refractivity contribution in [2.75, 3.05) is 6.54 Å². The molecule has 0 N–H and O–H groups in total. The van der Waals surface area contributed by atoms with Crippen molar-refractivity contribution in [2.24, 2.45) is 11.0 Å². The average molecular weight is 289 g/mol. The topological polar surface area (TPSA) is 41.9 Å².